The van der Waals surface area contributed by atoms with Gasteiger partial charge in [-0.15, -0.1) is 0 Å². The van der Waals surface area contributed by atoms with E-state index in [1.54, 1.807) is 24.3 Å². The van der Waals surface area contributed by atoms with Gasteiger partial charge in [-0.25, -0.2) is 13.2 Å². The minimum Gasteiger partial charge on any atom is -0.336 e. The van der Waals surface area contributed by atoms with Crippen LogP contribution in [-0.2, 0) is 10.0 Å². The van der Waals surface area contributed by atoms with E-state index in [0.717, 1.165) is 6.26 Å². The number of sulfonamides is 1. The van der Waals surface area contributed by atoms with Crippen LogP contribution in [0.15, 0.2) is 24.3 Å². The largest absolute Gasteiger partial charge is 0.336 e. The van der Waals surface area contributed by atoms with Crippen molar-refractivity contribution < 1.29 is 13.2 Å². The van der Waals surface area contributed by atoms with E-state index in [4.69, 9.17) is 11.6 Å². The van der Waals surface area contributed by atoms with Gasteiger partial charge in [0.25, 0.3) is 0 Å². The Bertz CT molecular complexity index is 590. The van der Waals surface area contributed by atoms with Crippen molar-refractivity contribution in [1.82, 2.24) is 10.6 Å². The summed E-state index contributed by atoms with van der Waals surface area (Å²) >= 11 is 5.88. The van der Waals surface area contributed by atoms with E-state index in [-0.39, 0.29) is 25.2 Å². The highest BCUT2D eigenvalue weighted by Gasteiger charge is 2.17. The van der Waals surface area contributed by atoms with Crippen LogP contribution in [0.3, 0.4) is 0 Å². The van der Waals surface area contributed by atoms with Gasteiger partial charge in [0.05, 0.1) is 18.5 Å². The fourth-order valence-electron chi connectivity index (χ4n) is 1.70. The lowest BCUT2D eigenvalue weighted by molar-refractivity contribution is 0.239. The quantitative estimate of drug-likeness (QED) is 0.833. The summed E-state index contributed by atoms with van der Waals surface area (Å²) in [6.45, 7) is 4.01. The SMILES string of the molecule is CC(C)NC(=O)NCCN(c1cccc(Cl)c1)S(C)(=O)=O. The molecule has 0 bridgehead atoms. The lowest BCUT2D eigenvalue weighted by Crippen LogP contribution is -2.43. The zero-order valence-electron chi connectivity index (χ0n) is 12.3. The van der Waals surface area contributed by atoms with Gasteiger partial charge in [0, 0.05) is 17.6 Å². The maximum Gasteiger partial charge on any atom is 0.315 e. The molecule has 0 saturated carbocycles. The normalized spacial score (nSPS) is 11.3. The van der Waals surface area contributed by atoms with Crippen LogP contribution in [0.4, 0.5) is 10.5 Å². The molecule has 0 spiro atoms. The minimum absolute atomic E-state index is 0.0175. The standard InChI is InChI=1S/C13H20ClN3O3S/c1-10(2)16-13(18)15-7-8-17(21(3,19)20)12-6-4-5-11(14)9-12/h4-6,9-10H,7-8H2,1-3H3,(H2,15,16,18). The first-order valence-electron chi connectivity index (χ1n) is 6.48. The minimum atomic E-state index is -3.45. The molecule has 0 fully saturated rings. The second-order valence-electron chi connectivity index (χ2n) is 4.87. The van der Waals surface area contributed by atoms with Gasteiger partial charge >= 0.3 is 6.03 Å². The Kier molecular flexibility index (Phi) is 6.29. The van der Waals surface area contributed by atoms with E-state index in [2.05, 4.69) is 10.6 Å². The van der Waals surface area contributed by atoms with Gasteiger partial charge in [0.1, 0.15) is 0 Å². The third kappa shape index (κ3) is 6.22. The number of nitrogens with zero attached hydrogens (tertiary/aromatic N) is 1. The Labute approximate surface area is 130 Å². The Morgan fingerprint density at radius 3 is 2.57 bits per heavy atom. The van der Waals surface area contributed by atoms with Crippen LogP contribution < -0.4 is 14.9 Å². The molecule has 2 N–H and O–H groups in total. The molecule has 0 aromatic heterocycles. The summed E-state index contributed by atoms with van der Waals surface area (Å²) < 4.78 is 24.9. The molecular formula is C13H20ClN3O3S. The highest BCUT2D eigenvalue weighted by atomic mass is 35.5. The number of nitrogens with one attached hydrogen (secondary N) is 2. The summed E-state index contributed by atoms with van der Waals surface area (Å²) in [5, 5.41) is 5.73. The van der Waals surface area contributed by atoms with Gasteiger partial charge in [0.2, 0.25) is 10.0 Å². The van der Waals surface area contributed by atoms with Crippen LogP contribution in [-0.4, -0.2) is 39.8 Å². The number of hydrogen-bond donors (Lipinski definition) is 2. The Hall–Kier alpha value is -1.47. The van der Waals surface area contributed by atoms with Crippen molar-refractivity contribution in [3.63, 3.8) is 0 Å². The van der Waals surface area contributed by atoms with Crippen LogP contribution in [0.5, 0.6) is 0 Å². The Morgan fingerprint density at radius 1 is 1.38 bits per heavy atom. The summed E-state index contributed by atoms with van der Waals surface area (Å²) in [6.07, 6.45) is 1.11. The maximum absolute atomic E-state index is 11.9. The molecule has 0 aliphatic heterocycles. The van der Waals surface area contributed by atoms with Crippen molar-refractivity contribution in [2.75, 3.05) is 23.7 Å². The van der Waals surface area contributed by atoms with Crippen molar-refractivity contribution in [3.8, 4) is 0 Å². The number of urea groups is 1. The Morgan fingerprint density at radius 2 is 2.05 bits per heavy atom. The summed E-state index contributed by atoms with van der Waals surface area (Å²) in [7, 11) is -3.45. The van der Waals surface area contributed by atoms with E-state index >= 15 is 0 Å². The Balaban J connectivity index is 2.71. The van der Waals surface area contributed by atoms with Gasteiger partial charge < -0.3 is 10.6 Å². The predicted octanol–water partition coefficient (Wildman–Crippen LogP) is 1.81. The molecule has 6 nitrogen and oxygen atoms in total. The zero-order valence-corrected chi connectivity index (χ0v) is 13.8. The fraction of sp³-hybridized carbons (Fsp3) is 0.462. The van der Waals surface area contributed by atoms with E-state index in [1.807, 2.05) is 13.8 Å². The highest BCUT2D eigenvalue weighted by molar-refractivity contribution is 7.92. The number of hydrogen-bond acceptors (Lipinski definition) is 3. The van der Waals surface area contributed by atoms with Crippen LogP contribution in [0.2, 0.25) is 5.02 Å². The summed E-state index contributed by atoms with van der Waals surface area (Å²) in [5.41, 5.74) is 0.469. The molecule has 1 aromatic rings. The van der Waals surface area contributed by atoms with Crippen molar-refractivity contribution >= 4 is 33.3 Å². The molecule has 0 heterocycles. The van der Waals surface area contributed by atoms with Crippen LogP contribution in [0.1, 0.15) is 13.8 Å². The van der Waals surface area contributed by atoms with Crippen molar-refractivity contribution in [3.05, 3.63) is 29.3 Å². The first-order chi connectivity index (χ1) is 9.70. The van der Waals surface area contributed by atoms with E-state index in [9.17, 15) is 13.2 Å². The first kappa shape index (κ1) is 17.6. The molecular weight excluding hydrogens is 314 g/mol. The second kappa shape index (κ2) is 7.51. The molecule has 21 heavy (non-hydrogen) atoms. The molecule has 8 heteroatoms. The fourth-order valence-corrected chi connectivity index (χ4v) is 2.81. The highest BCUT2D eigenvalue weighted by Crippen LogP contribution is 2.21. The smallest absolute Gasteiger partial charge is 0.315 e. The van der Waals surface area contributed by atoms with E-state index in [0.29, 0.717) is 10.7 Å². The van der Waals surface area contributed by atoms with Crippen molar-refractivity contribution in [1.29, 1.82) is 0 Å². The number of carbonyl (C=O) groups is 1. The summed E-state index contributed by atoms with van der Waals surface area (Å²) in [5.74, 6) is 0. The van der Waals surface area contributed by atoms with Crippen LogP contribution in [0.25, 0.3) is 0 Å². The molecule has 0 unspecified atom stereocenters. The van der Waals surface area contributed by atoms with E-state index < -0.39 is 10.0 Å². The molecule has 1 aromatic carbocycles. The summed E-state index contributed by atoms with van der Waals surface area (Å²) in [6, 6.07) is 6.25. The monoisotopic (exact) mass is 333 g/mol. The molecule has 0 radical (unpaired) electrons. The maximum atomic E-state index is 11.9. The lowest BCUT2D eigenvalue weighted by atomic mass is 10.3. The number of amides is 2. The number of rotatable bonds is 6. The molecule has 1 rings (SSSR count). The molecule has 118 valence electrons. The van der Waals surface area contributed by atoms with Gasteiger partial charge in [-0.05, 0) is 32.0 Å². The molecule has 0 atom stereocenters. The number of carbonyl (C=O) groups excluding carboxylic acids is 1. The molecule has 0 aliphatic carbocycles. The molecule has 2 amide bonds. The molecule has 0 aliphatic rings. The van der Waals surface area contributed by atoms with Crippen molar-refractivity contribution in [2.45, 2.75) is 19.9 Å². The topological polar surface area (TPSA) is 78.5 Å². The van der Waals surface area contributed by atoms with Gasteiger partial charge in [-0.2, -0.15) is 0 Å². The zero-order chi connectivity index (χ0) is 16.0. The van der Waals surface area contributed by atoms with Gasteiger partial charge in [0.15, 0.2) is 0 Å². The number of benzene rings is 1. The van der Waals surface area contributed by atoms with E-state index in [1.165, 1.54) is 4.31 Å². The second-order valence-corrected chi connectivity index (χ2v) is 7.21. The number of halogens is 1. The van der Waals surface area contributed by atoms with Crippen LogP contribution >= 0.6 is 11.6 Å². The average Bonchev–Trinajstić information content (AvgIpc) is 2.32. The molecule has 0 saturated heterocycles. The van der Waals surface area contributed by atoms with Gasteiger partial charge in [-0.3, -0.25) is 4.31 Å². The van der Waals surface area contributed by atoms with Gasteiger partial charge in [-0.1, -0.05) is 17.7 Å². The predicted molar refractivity (Wildman–Crippen MR) is 85.3 cm³/mol. The number of anilines is 1. The third-order valence-electron chi connectivity index (χ3n) is 2.52. The van der Waals surface area contributed by atoms with Crippen molar-refractivity contribution in [2.24, 2.45) is 0 Å². The van der Waals surface area contributed by atoms with Crippen LogP contribution in [0, 0.1) is 0 Å². The first-order valence-corrected chi connectivity index (χ1v) is 8.70. The lowest BCUT2D eigenvalue weighted by Gasteiger charge is -2.23. The summed E-state index contributed by atoms with van der Waals surface area (Å²) in [4.78, 5) is 11.5. The third-order valence-corrected chi connectivity index (χ3v) is 3.95. The average molecular weight is 334 g/mol.